The van der Waals surface area contributed by atoms with E-state index in [1.807, 2.05) is 43.3 Å². The second kappa shape index (κ2) is 7.33. The first-order chi connectivity index (χ1) is 12.3. The maximum absolute atomic E-state index is 12.3. The van der Waals surface area contributed by atoms with Crippen molar-refractivity contribution in [3.8, 4) is 5.69 Å². The lowest BCUT2D eigenvalue weighted by Crippen LogP contribution is -2.17. The van der Waals surface area contributed by atoms with Crippen LogP contribution >= 0.6 is 11.8 Å². The van der Waals surface area contributed by atoms with Gasteiger partial charge in [-0.3, -0.25) is 9.89 Å². The van der Waals surface area contributed by atoms with Crippen LogP contribution < -0.4 is 5.32 Å². The minimum Gasteiger partial charge on any atom is -0.310 e. The molecule has 0 aliphatic rings. The number of carbonyl (C=O) groups excluding carboxylic acids is 1. The Morgan fingerprint density at radius 2 is 2.00 bits per heavy atom. The van der Waals surface area contributed by atoms with Gasteiger partial charge in [-0.25, -0.2) is 9.67 Å². The van der Waals surface area contributed by atoms with Crippen LogP contribution in [0.4, 0.5) is 5.82 Å². The van der Waals surface area contributed by atoms with Crippen LogP contribution in [-0.4, -0.2) is 36.6 Å². The Labute approximate surface area is 156 Å². The third kappa shape index (κ3) is 4.32. The van der Waals surface area contributed by atoms with Crippen LogP contribution in [0.25, 0.3) is 5.69 Å². The zero-order valence-corrected chi connectivity index (χ0v) is 16.1. The number of hydrogen-bond acceptors (Lipinski definition) is 5. The summed E-state index contributed by atoms with van der Waals surface area (Å²) in [6, 6.07) is 11.5. The van der Waals surface area contributed by atoms with E-state index in [2.05, 4.69) is 46.4 Å². The predicted octanol–water partition coefficient (Wildman–Crippen LogP) is 3.33. The zero-order chi connectivity index (χ0) is 18.7. The van der Waals surface area contributed by atoms with E-state index < -0.39 is 0 Å². The first-order valence-electron chi connectivity index (χ1n) is 8.30. The van der Waals surface area contributed by atoms with Crippen molar-refractivity contribution >= 4 is 23.5 Å². The standard InChI is InChI=1S/C18H22N6OS/c1-12-10-14(24(23-12)13-8-6-5-7-9-13)19-15(25)11-26-17-20-16(21-22-17)18(2,3)4/h5-10H,11H2,1-4H3,(H,19,25)(H,20,21,22). The molecule has 0 radical (unpaired) electrons. The number of amides is 1. The molecule has 26 heavy (non-hydrogen) atoms. The molecule has 3 rings (SSSR count). The van der Waals surface area contributed by atoms with Crippen LogP contribution in [0.3, 0.4) is 0 Å². The van der Waals surface area contributed by atoms with Gasteiger partial charge in [-0.15, -0.1) is 5.10 Å². The second-order valence-electron chi connectivity index (χ2n) is 6.97. The zero-order valence-electron chi connectivity index (χ0n) is 15.3. The van der Waals surface area contributed by atoms with Crippen LogP contribution in [0.2, 0.25) is 0 Å². The summed E-state index contributed by atoms with van der Waals surface area (Å²) >= 11 is 1.30. The number of thioether (sulfide) groups is 1. The number of anilines is 1. The Bertz CT molecular complexity index is 894. The largest absolute Gasteiger partial charge is 0.310 e. The highest BCUT2D eigenvalue weighted by Crippen LogP contribution is 2.22. The molecule has 1 amide bonds. The molecule has 136 valence electrons. The van der Waals surface area contributed by atoms with E-state index in [1.54, 1.807) is 4.68 Å². The van der Waals surface area contributed by atoms with E-state index in [9.17, 15) is 4.79 Å². The molecule has 2 heterocycles. The molecule has 0 atom stereocenters. The number of para-hydroxylation sites is 1. The highest BCUT2D eigenvalue weighted by atomic mass is 32.2. The lowest BCUT2D eigenvalue weighted by Gasteiger charge is -2.12. The number of benzene rings is 1. The van der Waals surface area contributed by atoms with Crippen molar-refractivity contribution in [2.75, 3.05) is 11.1 Å². The molecule has 0 saturated heterocycles. The fourth-order valence-electron chi connectivity index (χ4n) is 2.31. The summed E-state index contributed by atoms with van der Waals surface area (Å²) in [5, 5.41) is 15.0. The third-order valence-corrected chi connectivity index (χ3v) is 4.45. The van der Waals surface area contributed by atoms with Crippen molar-refractivity contribution in [2.24, 2.45) is 0 Å². The topological polar surface area (TPSA) is 88.5 Å². The summed E-state index contributed by atoms with van der Waals surface area (Å²) in [6.07, 6.45) is 0. The fraction of sp³-hybridized carbons (Fsp3) is 0.333. The SMILES string of the molecule is Cc1cc(NC(=O)CSc2n[nH]c(C(C)(C)C)n2)n(-c2ccccc2)n1. The van der Waals surface area contributed by atoms with Gasteiger partial charge in [0.25, 0.3) is 0 Å². The molecule has 0 saturated carbocycles. The molecule has 0 aliphatic heterocycles. The number of aromatic amines is 1. The monoisotopic (exact) mass is 370 g/mol. The van der Waals surface area contributed by atoms with E-state index in [1.165, 1.54) is 11.8 Å². The van der Waals surface area contributed by atoms with Crippen LogP contribution in [0, 0.1) is 6.92 Å². The fourth-order valence-corrected chi connectivity index (χ4v) is 2.91. The molecule has 2 aromatic heterocycles. The number of rotatable bonds is 5. The van der Waals surface area contributed by atoms with Crippen LogP contribution in [0.5, 0.6) is 0 Å². The average Bonchev–Trinajstić information content (AvgIpc) is 3.20. The third-order valence-electron chi connectivity index (χ3n) is 3.61. The van der Waals surface area contributed by atoms with Crippen molar-refractivity contribution in [3.05, 3.63) is 47.9 Å². The summed E-state index contributed by atoms with van der Waals surface area (Å²) in [4.78, 5) is 16.8. The van der Waals surface area contributed by atoms with Gasteiger partial charge >= 0.3 is 0 Å². The van der Waals surface area contributed by atoms with Gasteiger partial charge in [0.05, 0.1) is 17.1 Å². The predicted molar refractivity (Wildman–Crippen MR) is 103 cm³/mol. The number of hydrogen-bond donors (Lipinski definition) is 2. The highest BCUT2D eigenvalue weighted by molar-refractivity contribution is 7.99. The number of nitrogens with zero attached hydrogens (tertiary/aromatic N) is 4. The molecule has 7 nitrogen and oxygen atoms in total. The van der Waals surface area contributed by atoms with Crippen LogP contribution in [0.1, 0.15) is 32.3 Å². The van der Waals surface area contributed by atoms with Gasteiger partial charge in [0, 0.05) is 11.5 Å². The minimum atomic E-state index is -0.130. The second-order valence-corrected chi connectivity index (χ2v) is 7.91. The molecular weight excluding hydrogens is 348 g/mol. The van der Waals surface area contributed by atoms with Gasteiger partial charge in [0.1, 0.15) is 11.6 Å². The smallest absolute Gasteiger partial charge is 0.236 e. The maximum atomic E-state index is 12.3. The number of aryl methyl sites for hydroxylation is 1. The van der Waals surface area contributed by atoms with Crippen LogP contribution in [0.15, 0.2) is 41.6 Å². The van der Waals surface area contributed by atoms with E-state index in [0.717, 1.165) is 17.2 Å². The molecule has 0 bridgehead atoms. The Kier molecular flexibility index (Phi) is 5.13. The Morgan fingerprint density at radius 3 is 2.65 bits per heavy atom. The average molecular weight is 370 g/mol. The van der Waals surface area contributed by atoms with Gasteiger partial charge in [-0.05, 0) is 19.1 Å². The van der Waals surface area contributed by atoms with E-state index in [0.29, 0.717) is 11.0 Å². The van der Waals surface area contributed by atoms with E-state index in [4.69, 9.17) is 0 Å². The molecule has 3 aromatic rings. The molecule has 8 heteroatoms. The van der Waals surface area contributed by atoms with Crippen molar-refractivity contribution in [1.29, 1.82) is 0 Å². The van der Waals surface area contributed by atoms with Gasteiger partial charge in [0.15, 0.2) is 0 Å². The van der Waals surface area contributed by atoms with E-state index in [-0.39, 0.29) is 17.1 Å². The molecule has 0 aliphatic carbocycles. The minimum absolute atomic E-state index is 0.103. The summed E-state index contributed by atoms with van der Waals surface area (Å²) in [7, 11) is 0. The Balaban J connectivity index is 1.65. The molecule has 2 N–H and O–H groups in total. The summed E-state index contributed by atoms with van der Waals surface area (Å²) in [5.74, 6) is 1.54. The van der Waals surface area contributed by atoms with Crippen molar-refractivity contribution in [1.82, 2.24) is 25.0 Å². The number of H-pyrrole nitrogens is 1. The number of nitrogens with one attached hydrogen (secondary N) is 2. The number of carbonyl (C=O) groups is 1. The molecular formula is C18H22N6OS. The summed E-state index contributed by atoms with van der Waals surface area (Å²) in [5.41, 5.74) is 1.63. The quantitative estimate of drug-likeness (QED) is 0.673. The Hall–Kier alpha value is -2.61. The van der Waals surface area contributed by atoms with Gasteiger partial charge in [-0.2, -0.15) is 5.10 Å². The first-order valence-corrected chi connectivity index (χ1v) is 9.29. The number of aromatic nitrogens is 5. The van der Waals surface area contributed by atoms with Crippen molar-refractivity contribution in [3.63, 3.8) is 0 Å². The van der Waals surface area contributed by atoms with Crippen LogP contribution in [-0.2, 0) is 10.2 Å². The molecule has 0 unspecified atom stereocenters. The summed E-state index contributed by atoms with van der Waals surface area (Å²) in [6.45, 7) is 8.07. The van der Waals surface area contributed by atoms with Gasteiger partial charge in [0.2, 0.25) is 11.1 Å². The molecule has 0 fully saturated rings. The lowest BCUT2D eigenvalue weighted by atomic mass is 9.96. The van der Waals surface area contributed by atoms with Gasteiger partial charge < -0.3 is 5.32 Å². The molecule has 1 aromatic carbocycles. The van der Waals surface area contributed by atoms with Gasteiger partial charge in [-0.1, -0.05) is 50.7 Å². The van der Waals surface area contributed by atoms with E-state index >= 15 is 0 Å². The van der Waals surface area contributed by atoms with Crippen molar-refractivity contribution in [2.45, 2.75) is 38.3 Å². The highest BCUT2D eigenvalue weighted by Gasteiger charge is 2.19. The lowest BCUT2D eigenvalue weighted by molar-refractivity contribution is -0.113. The maximum Gasteiger partial charge on any atom is 0.236 e. The molecule has 0 spiro atoms. The normalized spacial score (nSPS) is 11.5. The Morgan fingerprint density at radius 1 is 1.27 bits per heavy atom. The first kappa shape index (κ1) is 18.2. The van der Waals surface area contributed by atoms with Crippen molar-refractivity contribution < 1.29 is 4.79 Å². The summed E-state index contributed by atoms with van der Waals surface area (Å²) < 4.78 is 1.72.